The van der Waals surface area contributed by atoms with Crippen LogP contribution in [0.3, 0.4) is 0 Å². The van der Waals surface area contributed by atoms with Crippen molar-refractivity contribution in [3.63, 3.8) is 0 Å². The number of pyridine rings is 1. The first kappa shape index (κ1) is 13.0. The van der Waals surface area contributed by atoms with Crippen molar-refractivity contribution < 1.29 is 9.47 Å². The van der Waals surface area contributed by atoms with Gasteiger partial charge in [0.05, 0.1) is 30.8 Å². The van der Waals surface area contributed by atoms with E-state index in [0.29, 0.717) is 0 Å². The minimum Gasteiger partial charge on any atom is -0.497 e. The molecule has 0 saturated heterocycles. The van der Waals surface area contributed by atoms with Gasteiger partial charge < -0.3 is 14.8 Å². The second-order valence-electron chi connectivity index (χ2n) is 5.02. The van der Waals surface area contributed by atoms with Crippen LogP contribution in [0.5, 0.6) is 11.5 Å². The Morgan fingerprint density at radius 1 is 1.20 bits per heavy atom. The molecule has 1 aromatic carbocycles. The summed E-state index contributed by atoms with van der Waals surface area (Å²) in [5.41, 5.74) is 4.69. The predicted octanol–water partition coefficient (Wildman–Crippen LogP) is 3.17. The van der Waals surface area contributed by atoms with Crippen LogP contribution in [-0.4, -0.2) is 25.7 Å². The molecular formula is C16H20N2O2. The Morgan fingerprint density at radius 2 is 2.05 bits per heavy atom. The van der Waals surface area contributed by atoms with Gasteiger partial charge >= 0.3 is 0 Å². The first-order valence-electron chi connectivity index (χ1n) is 7.09. The van der Waals surface area contributed by atoms with E-state index in [-0.39, 0.29) is 0 Å². The summed E-state index contributed by atoms with van der Waals surface area (Å²) in [5, 5.41) is 4.57. The molecule has 106 valence electrons. The molecule has 0 saturated carbocycles. The first-order valence-corrected chi connectivity index (χ1v) is 7.09. The molecule has 2 aromatic rings. The molecule has 1 aliphatic rings. The van der Waals surface area contributed by atoms with Gasteiger partial charge in [0.15, 0.2) is 0 Å². The van der Waals surface area contributed by atoms with Gasteiger partial charge in [0.2, 0.25) is 0 Å². The second kappa shape index (κ2) is 5.19. The molecular weight excluding hydrogens is 252 g/mol. The third kappa shape index (κ3) is 1.96. The molecule has 0 spiro atoms. The lowest BCUT2D eigenvalue weighted by Gasteiger charge is -2.16. The van der Waals surface area contributed by atoms with Crippen LogP contribution >= 0.6 is 0 Å². The van der Waals surface area contributed by atoms with Crippen LogP contribution in [-0.2, 0) is 12.8 Å². The molecule has 0 radical (unpaired) electrons. The number of aromatic nitrogens is 1. The molecule has 1 aromatic heterocycles. The molecule has 20 heavy (non-hydrogen) atoms. The largest absolute Gasteiger partial charge is 0.497 e. The van der Waals surface area contributed by atoms with Crippen LogP contribution in [0.1, 0.15) is 24.6 Å². The summed E-state index contributed by atoms with van der Waals surface area (Å²) in [6, 6.07) is 3.91. The summed E-state index contributed by atoms with van der Waals surface area (Å²) in [6.45, 7) is 3.00. The van der Waals surface area contributed by atoms with Crippen LogP contribution in [0.4, 0.5) is 5.69 Å². The number of anilines is 1. The van der Waals surface area contributed by atoms with Crippen molar-refractivity contribution in [2.24, 2.45) is 0 Å². The number of hydrogen-bond donors (Lipinski definition) is 1. The quantitative estimate of drug-likeness (QED) is 0.928. The number of methoxy groups -OCH3 is 2. The van der Waals surface area contributed by atoms with Crippen LogP contribution < -0.4 is 14.8 Å². The van der Waals surface area contributed by atoms with E-state index in [4.69, 9.17) is 14.5 Å². The summed E-state index contributed by atoms with van der Waals surface area (Å²) in [5.74, 6) is 1.60. The summed E-state index contributed by atoms with van der Waals surface area (Å²) >= 11 is 0. The molecule has 0 amide bonds. The SMILES string of the molecule is CCNc1c2c(nc3cc(OC)cc(OC)c13)CCC2. The fraction of sp³-hybridized carbons (Fsp3) is 0.438. The monoisotopic (exact) mass is 272 g/mol. The third-order valence-electron chi connectivity index (χ3n) is 3.86. The van der Waals surface area contributed by atoms with Gasteiger partial charge in [0, 0.05) is 24.4 Å². The Hall–Kier alpha value is -1.97. The number of hydrogen-bond acceptors (Lipinski definition) is 4. The molecule has 0 aliphatic heterocycles. The van der Waals surface area contributed by atoms with Crippen molar-refractivity contribution in [3.8, 4) is 11.5 Å². The van der Waals surface area contributed by atoms with E-state index < -0.39 is 0 Å². The maximum Gasteiger partial charge on any atom is 0.134 e. The van der Waals surface area contributed by atoms with Gasteiger partial charge in [-0.25, -0.2) is 0 Å². The Bertz CT molecular complexity index is 653. The van der Waals surface area contributed by atoms with Gasteiger partial charge in [-0.3, -0.25) is 4.98 Å². The lowest BCUT2D eigenvalue weighted by atomic mass is 10.1. The average molecular weight is 272 g/mol. The van der Waals surface area contributed by atoms with Gasteiger partial charge in [-0.05, 0) is 31.7 Å². The van der Waals surface area contributed by atoms with Crippen molar-refractivity contribution in [2.75, 3.05) is 26.1 Å². The van der Waals surface area contributed by atoms with E-state index in [1.54, 1.807) is 14.2 Å². The summed E-state index contributed by atoms with van der Waals surface area (Å²) < 4.78 is 10.9. The number of ether oxygens (including phenoxy) is 2. The standard InChI is InChI=1S/C16H20N2O2/c1-4-17-16-11-6-5-7-12(11)18-13-8-10(19-2)9-14(20-3)15(13)16/h8-9H,4-7H2,1-3H3,(H,17,18). The Kier molecular flexibility index (Phi) is 3.38. The topological polar surface area (TPSA) is 43.4 Å². The van der Waals surface area contributed by atoms with E-state index in [1.165, 1.54) is 23.4 Å². The van der Waals surface area contributed by atoms with Gasteiger partial charge in [0.25, 0.3) is 0 Å². The van der Waals surface area contributed by atoms with Crippen molar-refractivity contribution in [3.05, 3.63) is 23.4 Å². The van der Waals surface area contributed by atoms with Crippen molar-refractivity contribution in [2.45, 2.75) is 26.2 Å². The highest BCUT2D eigenvalue weighted by atomic mass is 16.5. The zero-order valence-corrected chi connectivity index (χ0v) is 12.2. The number of benzene rings is 1. The van der Waals surface area contributed by atoms with Crippen LogP contribution in [0.2, 0.25) is 0 Å². The number of aryl methyl sites for hydroxylation is 1. The fourth-order valence-electron chi connectivity index (χ4n) is 2.98. The molecule has 0 atom stereocenters. The van der Waals surface area contributed by atoms with Gasteiger partial charge in [-0.1, -0.05) is 0 Å². The number of rotatable bonds is 4. The summed E-state index contributed by atoms with van der Waals surface area (Å²) in [4.78, 5) is 4.82. The minimum atomic E-state index is 0.780. The van der Waals surface area contributed by atoms with E-state index >= 15 is 0 Å². The van der Waals surface area contributed by atoms with Crippen LogP contribution in [0.25, 0.3) is 10.9 Å². The van der Waals surface area contributed by atoms with E-state index in [2.05, 4.69) is 12.2 Å². The highest BCUT2D eigenvalue weighted by Crippen LogP contribution is 2.40. The zero-order valence-electron chi connectivity index (χ0n) is 12.2. The number of fused-ring (bicyclic) bond motifs is 2. The molecule has 4 nitrogen and oxygen atoms in total. The molecule has 0 fully saturated rings. The highest BCUT2D eigenvalue weighted by Gasteiger charge is 2.22. The zero-order chi connectivity index (χ0) is 14.1. The van der Waals surface area contributed by atoms with Gasteiger partial charge in [-0.2, -0.15) is 0 Å². The molecule has 4 heteroatoms. The Labute approximate surface area is 119 Å². The van der Waals surface area contributed by atoms with Gasteiger partial charge in [-0.15, -0.1) is 0 Å². The lowest BCUT2D eigenvalue weighted by Crippen LogP contribution is -2.04. The summed E-state index contributed by atoms with van der Waals surface area (Å²) in [6.07, 6.45) is 3.33. The van der Waals surface area contributed by atoms with Crippen LogP contribution in [0.15, 0.2) is 12.1 Å². The lowest BCUT2D eigenvalue weighted by molar-refractivity contribution is 0.398. The summed E-state index contributed by atoms with van der Waals surface area (Å²) in [7, 11) is 3.36. The van der Waals surface area contributed by atoms with Crippen molar-refractivity contribution in [1.82, 2.24) is 4.98 Å². The molecule has 0 unspecified atom stereocenters. The van der Waals surface area contributed by atoms with E-state index in [9.17, 15) is 0 Å². The Balaban J connectivity index is 2.35. The molecule has 1 N–H and O–H groups in total. The van der Waals surface area contributed by atoms with Crippen molar-refractivity contribution >= 4 is 16.6 Å². The molecule has 1 heterocycles. The first-order chi connectivity index (χ1) is 9.78. The minimum absolute atomic E-state index is 0.780. The highest BCUT2D eigenvalue weighted by molar-refractivity contribution is 5.99. The van der Waals surface area contributed by atoms with Crippen LogP contribution in [0, 0.1) is 0 Å². The fourth-order valence-corrected chi connectivity index (χ4v) is 2.98. The number of nitrogens with one attached hydrogen (secondary N) is 1. The second-order valence-corrected chi connectivity index (χ2v) is 5.02. The predicted molar refractivity (Wildman–Crippen MR) is 81.0 cm³/mol. The van der Waals surface area contributed by atoms with E-state index in [1.807, 2.05) is 12.1 Å². The van der Waals surface area contributed by atoms with E-state index in [0.717, 1.165) is 41.8 Å². The maximum atomic E-state index is 5.56. The molecule has 0 bridgehead atoms. The number of nitrogens with zero attached hydrogens (tertiary/aromatic N) is 1. The van der Waals surface area contributed by atoms with Gasteiger partial charge in [0.1, 0.15) is 11.5 Å². The molecule has 1 aliphatic carbocycles. The third-order valence-corrected chi connectivity index (χ3v) is 3.86. The molecule has 3 rings (SSSR count). The van der Waals surface area contributed by atoms with Crippen molar-refractivity contribution in [1.29, 1.82) is 0 Å². The normalized spacial score (nSPS) is 13.3. The smallest absolute Gasteiger partial charge is 0.134 e. The maximum absolute atomic E-state index is 5.56. The Morgan fingerprint density at radius 3 is 2.75 bits per heavy atom. The average Bonchev–Trinajstić information content (AvgIpc) is 2.93.